The Morgan fingerprint density at radius 1 is 1.10 bits per heavy atom. The Hall–Kier alpha value is -0.900. The van der Waals surface area contributed by atoms with Crippen molar-refractivity contribution in [3.05, 3.63) is 56.0 Å². The van der Waals surface area contributed by atoms with Crippen LogP contribution in [0.4, 0.5) is 5.69 Å². The molecule has 0 spiro atoms. The molecule has 0 saturated heterocycles. The topological polar surface area (TPSA) is 21.3 Å². The Kier molecular flexibility index (Phi) is 5.19. The zero-order valence-corrected chi connectivity index (χ0v) is 14.2. The highest BCUT2D eigenvalue weighted by Gasteiger charge is 2.08. The van der Waals surface area contributed by atoms with E-state index in [0.29, 0.717) is 16.6 Å². The first-order chi connectivity index (χ1) is 9.49. The average Bonchev–Trinajstić information content (AvgIpc) is 2.35. The number of nitrogens with one attached hydrogen (secondary N) is 1. The normalized spacial score (nSPS) is 10.4. The summed E-state index contributed by atoms with van der Waals surface area (Å²) in [6.45, 7) is 2.65. The standard InChI is InChI=1S/C15H14BrCl2NO/c1-9-3-11(16)6-14(20-2)15(9)19-8-10-4-12(17)7-13(18)5-10/h3-7,19H,8H2,1-2H3. The van der Waals surface area contributed by atoms with Crippen LogP contribution in [-0.4, -0.2) is 7.11 Å². The number of aryl methyl sites for hydroxylation is 1. The van der Waals surface area contributed by atoms with E-state index >= 15 is 0 Å². The van der Waals surface area contributed by atoms with E-state index in [1.165, 1.54) is 0 Å². The molecule has 2 nitrogen and oxygen atoms in total. The third-order valence-corrected chi connectivity index (χ3v) is 3.77. The molecule has 2 rings (SSSR count). The van der Waals surface area contributed by atoms with Gasteiger partial charge >= 0.3 is 0 Å². The van der Waals surface area contributed by atoms with E-state index in [1.807, 2.05) is 31.2 Å². The largest absolute Gasteiger partial charge is 0.495 e. The number of rotatable bonds is 4. The summed E-state index contributed by atoms with van der Waals surface area (Å²) in [6, 6.07) is 9.47. The molecule has 0 unspecified atom stereocenters. The summed E-state index contributed by atoms with van der Waals surface area (Å²) in [5.74, 6) is 0.796. The first-order valence-electron chi connectivity index (χ1n) is 6.02. The number of benzene rings is 2. The van der Waals surface area contributed by atoms with Crippen LogP contribution in [0, 0.1) is 6.92 Å². The third-order valence-electron chi connectivity index (χ3n) is 2.88. The number of methoxy groups -OCH3 is 1. The first-order valence-corrected chi connectivity index (χ1v) is 7.57. The van der Waals surface area contributed by atoms with Gasteiger partial charge in [-0.1, -0.05) is 39.1 Å². The average molecular weight is 375 g/mol. The fourth-order valence-electron chi connectivity index (χ4n) is 2.00. The zero-order chi connectivity index (χ0) is 14.7. The molecule has 20 heavy (non-hydrogen) atoms. The monoisotopic (exact) mass is 373 g/mol. The summed E-state index contributed by atoms with van der Waals surface area (Å²) >= 11 is 15.5. The predicted molar refractivity (Wildman–Crippen MR) is 89.2 cm³/mol. The lowest BCUT2D eigenvalue weighted by Crippen LogP contribution is -2.03. The molecular formula is C15H14BrCl2NO. The van der Waals surface area contributed by atoms with Crippen LogP contribution in [0.3, 0.4) is 0 Å². The molecule has 0 amide bonds. The lowest BCUT2D eigenvalue weighted by molar-refractivity contribution is 0.416. The SMILES string of the molecule is COc1cc(Br)cc(C)c1NCc1cc(Cl)cc(Cl)c1. The maximum Gasteiger partial charge on any atom is 0.143 e. The number of hydrogen-bond acceptors (Lipinski definition) is 2. The van der Waals surface area contributed by atoms with E-state index < -0.39 is 0 Å². The predicted octanol–water partition coefficient (Wildman–Crippen LogP) is 5.69. The molecule has 106 valence electrons. The summed E-state index contributed by atoms with van der Waals surface area (Å²) in [7, 11) is 1.66. The molecule has 0 aromatic heterocycles. The second kappa shape index (κ2) is 6.70. The van der Waals surface area contributed by atoms with Crippen molar-refractivity contribution in [3.63, 3.8) is 0 Å². The molecule has 1 N–H and O–H groups in total. The molecule has 0 heterocycles. The highest BCUT2D eigenvalue weighted by molar-refractivity contribution is 9.10. The lowest BCUT2D eigenvalue weighted by Gasteiger charge is -2.15. The van der Waals surface area contributed by atoms with Crippen LogP contribution >= 0.6 is 39.1 Å². The van der Waals surface area contributed by atoms with Crippen molar-refractivity contribution < 1.29 is 4.74 Å². The summed E-state index contributed by atoms with van der Waals surface area (Å²) in [4.78, 5) is 0. The number of ether oxygens (including phenoxy) is 1. The second-order valence-corrected chi connectivity index (χ2v) is 6.22. The molecule has 2 aromatic carbocycles. The summed E-state index contributed by atoms with van der Waals surface area (Å²) in [5.41, 5.74) is 3.09. The van der Waals surface area contributed by atoms with Crippen LogP contribution in [0.15, 0.2) is 34.8 Å². The summed E-state index contributed by atoms with van der Waals surface area (Å²) in [5, 5.41) is 4.63. The van der Waals surface area contributed by atoms with Crippen LogP contribution in [0.1, 0.15) is 11.1 Å². The van der Waals surface area contributed by atoms with Crippen molar-refractivity contribution in [2.75, 3.05) is 12.4 Å². The molecule has 0 fully saturated rings. The number of hydrogen-bond donors (Lipinski definition) is 1. The van der Waals surface area contributed by atoms with Gasteiger partial charge in [-0.25, -0.2) is 0 Å². The fourth-order valence-corrected chi connectivity index (χ4v) is 3.13. The molecule has 0 aliphatic heterocycles. The van der Waals surface area contributed by atoms with Crippen LogP contribution in [0.25, 0.3) is 0 Å². The molecule has 0 saturated carbocycles. The minimum absolute atomic E-state index is 0.624. The van der Waals surface area contributed by atoms with E-state index in [1.54, 1.807) is 13.2 Å². The van der Waals surface area contributed by atoms with Gasteiger partial charge in [-0.2, -0.15) is 0 Å². The maximum absolute atomic E-state index is 6.00. The summed E-state index contributed by atoms with van der Waals surface area (Å²) < 4.78 is 6.39. The number of halogens is 3. The Morgan fingerprint density at radius 2 is 1.75 bits per heavy atom. The van der Waals surface area contributed by atoms with E-state index in [0.717, 1.165) is 27.0 Å². The smallest absolute Gasteiger partial charge is 0.143 e. The Labute approximate surface area is 137 Å². The van der Waals surface area contributed by atoms with Crippen molar-refractivity contribution in [1.29, 1.82) is 0 Å². The summed E-state index contributed by atoms with van der Waals surface area (Å²) in [6.07, 6.45) is 0. The molecular weight excluding hydrogens is 361 g/mol. The molecule has 0 aliphatic carbocycles. The van der Waals surface area contributed by atoms with E-state index in [9.17, 15) is 0 Å². The highest BCUT2D eigenvalue weighted by atomic mass is 79.9. The molecule has 0 atom stereocenters. The van der Waals surface area contributed by atoms with Gasteiger partial charge in [-0.3, -0.25) is 0 Å². The van der Waals surface area contributed by atoms with E-state index in [4.69, 9.17) is 27.9 Å². The van der Waals surface area contributed by atoms with Crippen molar-refractivity contribution in [2.45, 2.75) is 13.5 Å². The third kappa shape index (κ3) is 3.81. The Balaban J connectivity index is 2.22. The highest BCUT2D eigenvalue weighted by Crippen LogP contribution is 2.32. The minimum atomic E-state index is 0.624. The minimum Gasteiger partial charge on any atom is -0.495 e. The van der Waals surface area contributed by atoms with Gasteiger partial charge < -0.3 is 10.1 Å². The van der Waals surface area contributed by atoms with Gasteiger partial charge in [-0.05, 0) is 48.4 Å². The van der Waals surface area contributed by atoms with Gasteiger partial charge in [0, 0.05) is 21.1 Å². The quantitative estimate of drug-likeness (QED) is 0.742. The van der Waals surface area contributed by atoms with Crippen molar-refractivity contribution in [3.8, 4) is 5.75 Å². The molecule has 0 radical (unpaired) electrons. The van der Waals surface area contributed by atoms with Crippen molar-refractivity contribution in [2.24, 2.45) is 0 Å². The van der Waals surface area contributed by atoms with Gasteiger partial charge in [0.25, 0.3) is 0 Å². The Bertz CT molecular complexity index is 611. The molecule has 0 aliphatic rings. The van der Waals surface area contributed by atoms with Gasteiger partial charge in [0.1, 0.15) is 5.75 Å². The van der Waals surface area contributed by atoms with Gasteiger partial charge in [0.15, 0.2) is 0 Å². The van der Waals surface area contributed by atoms with Crippen molar-refractivity contribution >= 4 is 44.8 Å². The van der Waals surface area contributed by atoms with Crippen LogP contribution < -0.4 is 10.1 Å². The van der Waals surface area contributed by atoms with Gasteiger partial charge in [0.2, 0.25) is 0 Å². The molecule has 2 aromatic rings. The second-order valence-electron chi connectivity index (χ2n) is 4.43. The van der Waals surface area contributed by atoms with Crippen LogP contribution in [0.5, 0.6) is 5.75 Å². The first kappa shape index (κ1) is 15.5. The lowest BCUT2D eigenvalue weighted by atomic mass is 10.1. The van der Waals surface area contributed by atoms with E-state index in [2.05, 4.69) is 21.2 Å². The van der Waals surface area contributed by atoms with Crippen LogP contribution in [-0.2, 0) is 6.54 Å². The molecule has 5 heteroatoms. The van der Waals surface area contributed by atoms with Gasteiger partial charge in [-0.15, -0.1) is 0 Å². The number of anilines is 1. The maximum atomic E-state index is 6.00. The Morgan fingerprint density at radius 3 is 2.35 bits per heavy atom. The van der Waals surface area contributed by atoms with Crippen LogP contribution in [0.2, 0.25) is 10.0 Å². The zero-order valence-electron chi connectivity index (χ0n) is 11.1. The molecule has 0 bridgehead atoms. The van der Waals surface area contributed by atoms with Gasteiger partial charge in [0.05, 0.1) is 12.8 Å². The van der Waals surface area contributed by atoms with E-state index in [-0.39, 0.29) is 0 Å². The fraction of sp³-hybridized carbons (Fsp3) is 0.200. The van der Waals surface area contributed by atoms with Crippen molar-refractivity contribution in [1.82, 2.24) is 0 Å².